The predicted molar refractivity (Wildman–Crippen MR) is 95.5 cm³/mol. The van der Waals surface area contributed by atoms with Gasteiger partial charge in [0.05, 0.1) is 19.8 Å². The van der Waals surface area contributed by atoms with Gasteiger partial charge in [0, 0.05) is 12.0 Å². The molecule has 0 heterocycles. The Kier molecular flexibility index (Phi) is 6.67. The minimum Gasteiger partial charge on any atom is -0.496 e. The van der Waals surface area contributed by atoms with E-state index in [1.54, 1.807) is 7.11 Å². The molecule has 0 aliphatic heterocycles. The normalized spacial score (nSPS) is 11.6. The van der Waals surface area contributed by atoms with Gasteiger partial charge in [0.2, 0.25) is 5.91 Å². The second-order valence-corrected chi connectivity index (χ2v) is 5.80. The highest BCUT2D eigenvalue weighted by atomic mass is 16.5. The molecule has 0 radical (unpaired) electrons. The van der Waals surface area contributed by atoms with Crippen molar-refractivity contribution in [3.8, 4) is 11.5 Å². The van der Waals surface area contributed by atoms with Crippen molar-refractivity contribution in [2.45, 2.75) is 32.7 Å². The first-order valence-electron chi connectivity index (χ1n) is 8.22. The van der Waals surface area contributed by atoms with E-state index in [4.69, 9.17) is 9.47 Å². The highest BCUT2D eigenvalue weighted by Gasteiger charge is 2.13. The zero-order valence-corrected chi connectivity index (χ0v) is 14.5. The number of ether oxygens (including phenoxy) is 2. The van der Waals surface area contributed by atoms with Gasteiger partial charge in [-0.05, 0) is 38.5 Å². The molecule has 0 bridgehead atoms. The fraction of sp³-hybridized carbons (Fsp3) is 0.350. The Labute approximate surface area is 143 Å². The Hall–Kier alpha value is -2.49. The topological polar surface area (TPSA) is 47.6 Å². The summed E-state index contributed by atoms with van der Waals surface area (Å²) >= 11 is 0. The van der Waals surface area contributed by atoms with Crippen LogP contribution in [0.1, 0.15) is 36.9 Å². The zero-order valence-electron chi connectivity index (χ0n) is 14.5. The van der Waals surface area contributed by atoms with Crippen LogP contribution in [0.3, 0.4) is 0 Å². The molecular formula is C20H25NO3. The lowest BCUT2D eigenvalue weighted by Crippen LogP contribution is -2.27. The van der Waals surface area contributed by atoms with Crippen LogP contribution in [0.25, 0.3) is 0 Å². The van der Waals surface area contributed by atoms with E-state index in [-0.39, 0.29) is 11.9 Å². The molecule has 2 aromatic carbocycles. The first-order chi connectivity index (χ1) is 11.6. The van der Waals surface area contributed by atoms with Gasteiger partial charge < -0.3 is 14.8 Å². The van der Waals surface area contributed by atoms with Crippen molar-refractivity contribution in [3.63, 3.8) is 0 Å². The molecule has 2 rings (SSSR count). The number of para-hydroxylation sites is 1. The smallest absolute Gasteiger partial charge is 0.220 e. The molecule has 128 valence electrons. The van der Waals surface area contributed by atoms with Gasteiger partial charge >= 0.3 is 0 Å². The molecule has 0 saturated carbocycles. The van der Waals surface area contributed by atoms with E-state index in [9.17, 15) is 4.79 Å². The number of carbonyl (C=O) groups excluding carboxylic acids is 1. The van der Waals surface area contributed by atoms with E-state index in [2.05, 4.69) is 5.32 Å². The fourth-order valence-corrected chi connectivity index (χ4v) is 2.47. The molecule has 0 unspecified atom stereocenters. The Morgan fingerprint density at radius 3 is 2.54 bits per heavy atom. The van der Waals surface area contributed by atoms with Crippen molar-refractivity contribution >= 4 is 5.91 Å². The number of benzene rings is 2. The van der Waals surface area contributed by atoms with Gasteiger partial charge in [0.1, 0.15) is 11.5 Å². The molecule has 1 N–H and O–H groups in total. The first kappa shape index (κ1) is 17.9. The maximum absolute atomic E-state index is 12.1. The van der Waals surface area contributed by atoms with E-state index in [1.165, 1.54) is 5.56 Å². The highest BCUT2D eigenvalue weighted by Crippen LogP contribution is 2.24. The summed E-state index contributed by atoms with van der Waals surface area (Å²) in [6.45, 7) is 4.52. The Bertz CT molecular complexity index is 652. The van der Waals surface area contributed by atoms with E-state index in [0.29, 0.717) is 19.4 Å². The summed E-state index contributed by atoms with van der Waals surface area (Å²) in [5.74, 6) is 1.64. The molecule has 1 atom stereocenters. The van der Waals surface area contributed by atoms with Crippen LogP contribution in [0.5, 0.6) is 11.5 Å². The molecule has 0 spiro atoms. The van der Waals surface area contributed by atoms with Gasteiger partial charge in [0.15, 0.2) is 0 Å². The lowest BCUT2D eigenvalue weighted by atomic mass is 10.1. The van der Waals surface area contributed by atoms with Crippen molar-refractivity contribution in [1.82, 2.24) is 5.32 Å². The van der Waals surface area contributed by atoms with Gasteiger partial charge in [-0.25, -0.2) is 0 Å². The Morgan fingerprint density at radius 2 is 1.83 bits per heavy atom. The molecule has 4 heteroatoms. The Balaban J connectivity index is 1.73. The van der Waals surface area contributed by atoms with Crippen molar-refractivity contribution in [2.75, 3.05) is 13.7 Å². The van der Waals surface area contributed by atoms with Crippen molar-refractivity contribution in [1.29, 1.82) is 0 Å². The van der Waals surface area contributed by atoms with Crippen LogP contribution in [0.2, 0.25) is 0 Å². The zero-order chi connectivity index (χ0) is 17.4. The summed E-state index contributed by atoms with van der Waals surface area (Å²) in [7, 11) is 1.63. The number of methoxy groups -OCH3 is 1. The molecule has 0 aliphatic rings. The van der Waals surface area contributed by atoms with E-state index in [1.807, 2.05) is 62.4 Å². The summed E-state index contributed by atoms with van der Waals surface area (Å²) in [5, 5.41) is 3.00. The lowest BCUT2D eigenvalue weighted by molar-refractivity contribution is -0.121. The third-order valence-corrected chi connectivity index (χ3v) is 3.82. The summed E-state index contributed by atoms with van der Waals surface area (Å²) < 4.78 is 11.0. The monoisotopic (exact) mass is 327 g/mol. The van der Waals surface area contributed by atoms with Gasteiger partial charge in [-0.15, -0.1) is 0 Å². The fourth-order valence-electron chi connectivity index (χ4n) is 2.47. The van der Waals surface area contributed by atoms with Crippen LogP contribution in [-0.4, -0.2) is 19.6 Å². The number of carbonyl (C=O) groups is 1. The number of hydrogen-bond donors (Lipinski definition) is 1. The van der Waals surface area contributed by atoms with Crippen LogP contribution < -0.4 is 14.8 Å². The molecule has 1 amide bonds. The summed E-state index contributed by atoms with van der Waals surface area (Å²) in [6.07, 6.45) is 1.11. The average Bonchev–Trinajstić information content (AvgIpc) is 2.60. The first-order valence-corrected chi connectivity index (χ1v) is 8.22. The van der Waals surface area contributed by atoms with Crippen molar-refractivity contribution in [2.24, 2.45) is 0 Å². The molecule has 0 aliphatic carbocycles. The third-order valence-electron chi connectivity index (χ3n) is 3.82. The van der Waals surface area contributed by atoms with Crippen molar-refractivity contribution in [3.05, 3.63) is 59.7 Å². The minimum atomic E-state index is -0.0910. The molecule has 2 aromatic rings. The predicted octanol–water partition coefficient (Wildman–Crippen LogP) is 4.04. The molecule has 0 aromatic heterocycles. The SMILES string of the molecule is COc1ccccc1[C@@H](C)NC(=O)CCCOc1ccc(C)cc1. The molecule has 4 nitrogen and oxygen atoms in total. The lowest BCUT2D eigenvalue weighted by Gasteiger charge is -2.17. The number of rotatable bonds is 8. The third kappa shape index (κ3) is 5.30. The summed E-state index contributed by atoms with van der Waals surface area (Å²) in [5.41, 5.74) is 2.18. The molecular weight excluding hydrogens is 302 g/mol. The van der Waals surface area contributed by atoms with Crippen LogP contribution in [0, 0.1) is 6.92 Å². The number of nitrogens with one attached hydrogen (secondary N) is 1. The number of hydrogen-bond acceptors (Lipinski definition) is 3. The van der Waals surface area contributed by atoms with Crippen LogP contribution in [0.15, 0.2) is 48.5 Å². The minimum absolute atomic E-state index is 0.0147. The quantitative estimate of drug-likeness (QED) is 0.744. The maximum Gasteiger partial charge on any atom is 0.220 e. The van der Waals surface area contributed by atoms with Crippen LogP contribution in [-0.2, 0) is 4.79 Å². The average molecular weight is 327 g/mol. The maximum atomic E-state index is 12.1. The molecule has 0 fully saturated rings. The van der Waals surface area contributed by atoms with Crippen LogP contribution in [0.4, 0.5) is 0 Å². The number of amides is 1. The molecule has 0 saturated heterocycles. The van der Waals surface area contributed by atoms with Gasteiger partial charge in [-0.2, -0.15) is 0 Å². The summed E-state index contributed by atoms with van der Waals surface area (Å²) in [4.78, 5) is 12.1. The van der Waals surface area contributed by atoms with E-state index < -0.39 is 0 Å². The van der Waals surface area contributed by atoms with Gasteiger partial charge in [-0.1, -0.05) is 35.9 Å². The Morgan fingerprint density at radius 1 is 1.12 bits per heavy atom. The summed E-state index contributed by atoms with van der Waals surface area (Å²) in [6, 6.07) is 15.5. The molecule has 24 heavy (non-hydrogen) atoms. The second-order valence-electron chi connectivity index (χ2n) is 5.80. The van der Waals surface area contributed by atoms with Gasteiger partial charge in [0.25, 0.3) is 0 Å². The second kappa shape index (κ2) is 8.96. The standard InChI is InChI=1S/C20H25NO3/c1-15-10-12-17(13-11-15)24-14-6-9-20(22)21-16(2)18-7-4-5-8-19(18)23-3/h4-5,7-8,10-13,16H,6,9,14H2,1-3H3,(H,21,22)/t16-/m1/s1. The van der Waals surface area contributed by atoms with Crippen LogP contribution >= 0.6 is 0 Å². The largest absolute Gasteiger partial charge is 0.496 e. The highest BCUT2D eigenvalue weighted by molar-refractivity contribution is 5.76. The van der Waals surface area contributed by atoms with E-state index in [0.717, 1.165) is 17.1 Å². The number of aryl methyl sites for hydroxylation is 1. The van der Waals surface area contributed by atoms with E-state index >= 15 is 0 Å². The van der Waals surface area contributed by atoms with Crippen molar-refractivity contribution < 1.29 is 14.3 Å². The van der Waals surface area contributed by atoms with Gasteiger partial charge in [-0.3, -0.25) is 4.79 Å².